The smallest absolute Gasteiger partial charge is 0.243 e. The van der Waals surface area contributed by atoms with Gasteiger partial charge in [0.2, 0.25) is 10.0 Å². The highest BCUT2D eigenvalue weighted by Crippen LogP contribution is 2.38. The van der Waals surface area contributed by atoms with E-state index in [2.05, 4.69) is 4.98 Å². The van der Waals surface area contributed by atoms with Crippen LogP contribution in [0, 0.1) is 0 Å². The molecule has 0 amide bonds. The van der Waals surface area contributed by atoms with Gasteiger partial charge in [-0.2, -0.15) is 4.31 Å². The molecule has 1 aliphatic heterocycles. The van der Waals surface area contributed by atoms with Crippen molar-refractivity contribution in [2.75, 3.05) is 6.54 Å². The quantitative estimate of drug-likeness (QED) is 0.679. The molecule has 5 nitrogen and oxygen atoms in total. The van der Waals surface area contributed by atoms with Gasteiger partial charge in [-0.25, -0.2) is 8.42 Å². The maximum absolute atomic E-state index is 13.4. The molecule has 1 aromatic heterocycles. The van der Waals surface area contributed by atoms with E-state index < -0.39 is 22.2 Å². The second-order valence-corrected chi connectivity index (χ2v) is 9.18. The molecule has 0 bridgehead atoms. The number of fused-ring (bicyclic) bond motifs is 1. The molecule has 0 saturated carbocycles. The number of benzene rings is 2. The number of nitrogens with zero attached hydrogens (tertiary/aromatic N) is 2. The Kier molecular flexibility index (Phi) is 5.76. The molecule has 2 atom stereocenters. The zero-order valence-electron chi connectivity index (χ0n) is 16.1. The topological polar surface area (TPSA) is 70.5 Å². The van der Waals surface area contributed by atoms with Gasteiger partial charge < -0.3 is 5.11 Å². The van der Waals surface area contributed by atoms with E-state index in [1.807, 2.05) is 42.5 Å². The molecule has 6 heteroatoms. The molecule has 3 aromatic rings. The highest BCUT2D eigenvalue weighted by molar-refractivity contribution is 7.89. The minimum Gasteiger partial charge on any atom is -0.387 e. The lowest BCUT2D eigenvalue weighted by Gasteiger charge is -2.39. The van der Waals surface area contributed by atoms with Crippen LogP contribution in [-0.4, -0.2) is 35.4 Å². The van der Waals surface area contributed by atoms with Crippen LogP contribution in [0.1, 0.15) is 29.2 Å². The number of aliphatic hydroxyl groups excluding tert-OH is 1. The van der Waals surface area contributed by atoms with Gasteiger partial charge in [0, 0.05) is 24.5 Å². The van der Waals surface area contributed by atoms with Crippen molar-refractivity contribution in [3.8, 4) is 0 Å². The minimum absolute atomic E-state index is 0.203. The highest BCUT2D eigenvalue weighted by Gasteiger charge is 2.43. The van der Waals surface area contributed by atoms with Crippen LogP contribution in [-0.2, 0) is 22.9 Å². The highest BCUT2D eigenvalue weighted by atomic mass is 32.2. The summed E-state index contributed by atoms with van der Waals surface area (Å²) in [6.45, 7) is 0.355. The van der Waals surface area contributed by atoms with E-state index in [9.17, 15) is 13.5 Å². The molecular formula is C23H24N2O3S. The molecule has 1 N–H and O–H groups in total. The summed E-state index contributed by atoms with van der Waals surface area (Å²) in [5, 5.41) is 11.1. The fourth-order valence-corrected chi connectivity index (χ4v) is 5.88. The van der Waals surface area contributed by atoms with E-state index in [0.717, 1.165) is 12.0 Å². The summed E-state index contributed by atoms with van der Waals surface area (Å²) in [5.41, 5.74) is 2.55. The number of rotatable bonds is 6. The Morgan fingerprint density at radius 3 is 2.41 bits per heavy atom. The van der Waals surface area contributed by atoms with Crippen molar-refractivity contribution in [2.45, 2.75) is 36.3 Å². The average molecular weight is 409 g/mol. The van der Waals surface area contributed by atoms with Crippen LogP contribution < -0.4 is 0 Å². The molecule has 29 heavy (non-hydrogen) atoms. The second kappa shape index (κ2) is 8.45. The zero-order valence-corrected chi connectivity index (χ0v) is 16.9. The van der Waals surface area contributed by atoms with Gasteiger partial charge >= 0.3 is 0 Å². The summed E-state index contributed by atoms with van der Waals surface area (Å²) >= 11 is 0. The van der Waals surface area contributed by atoms with E-state index >= 15 is 0 Å². The Morgan fingerprint density at radius 2 is 1.66 bits per heavy atom. The number of pyridine rings is 1. The van der Waals surface area contributed by atoms with Crippen LogP contribution in [0.3, 0.4) is 0 Å². The monoisotopic (exact) mass is 408 g/mol. The van der Waals surface area contributed by atoms with Gasteiger partial charge in [0.25, 0.3) is 0 Å². The standard InChI is InChI=1S/C23H24N2O3S/c26-23-20-12-4-5-13-22(20)29(27,28)25(15-7-11-18-8-2-1-3-9-18)21(23)16-19-10-6-14-24-17-19/h1-6,8-10,12-14,17,21,23,26H,7,11,15-16H2/t21-,23+/m1/s1. The molecule has 0 aliphatic carbocycles. The average Bonchev–Trinajstić information content (AvgIpc) is 2.75. The third-order valence-corrected chi connectivity index (χ3v) is 7.41. The van der Waals surface area contributed by atoms with Crippen LogP contribution in [0.2, 0.25) is 0 Å². The second-order valence-electron chi connectivity index (χ2n) is 7.32. The van der Waals surface area contributed by atoms with Crippen LogP contribution in [0.25, 0.3) is 0 Å². The van der Waals surface area contributed by atoms with Gasteiger partial charge in [0.1, 0.15) is 0 Å². The SMILES string of the molecule is O=S1(=O)c2ccccc2[C@H](O)[C@@H](Cc2cccnc2)N1CCCc1ccccc1. The molecule has 2 heterocycles. The number of hydrogen-bond acceptors (Lipinski definition) is 4. The zero-order chi connectivity index (χ0) is 20.3. The Hall–Kier alpha value is -2.54. The van der Waals surface area contributed by atoms with Crippen molar-refractivity contribution in [3.05, 3.63) is 95.8 Å². The molecule has 4 rings (SSSR count). The number of aliphatic hydroxyl groups is 1. The number of sulfonamides is 1. The molecule has 0 radical (unpaired) electrons. The first kappa shape index (κ1) is 19.8. The molecule has 0 saturated heterocycles. The molecular weight excluding hydrogens is 384 g/mol. The molecule has 150 valence electrons. The summed E-state index contributed by atoms with van der Waals surface area (Å²) < 4.78 is 28.3. The maximum Gasteiger partial charge on any atom is 0.243 e. The summed E-state index contributed by atoms with van der Waals surface area (Å²) in [7, 11) is -3.69. The predicted molar refractivity (Wildman–Crippen MR) is 112 cm³/mol. The van der Waals surface area contributed by atoms with Gasteiger partial charge in [-0.05, 0) is 42.5 Å². The summed E-state index contributed by atoms with van der Waals surface area (Å²) in [6, 6.07) is 20.0. The number of aromatic nitrogens is 1. The van der Waals surface area contributed by atoms with Crippen LogP contribution in [0.15, 0.2) is 84.0 Å². The Bertz CT molecular complexity index is 1060. The fourth-order valence-electron chi connectivity index (χ4n) is 3.97. The summed E-state index contributed by atoms with van der Waals surface area (Å²) in [4.78, 5) is 4.34. The lowest BCUT2D eigenvalue weighted by molar-refractivity contribution is 0.0792. The fraction of sp³-hybridized carbons (Fsp3) is 0.261. The molecule has 0 spiro atoms. The van der Waals surface area contributed by atoms with E-state index in [0.29, 0.717) is 24.9 Å². The van der Waals surface area contributed by atoms with Gasteiger partial charge in [0.15, 0.2) is 0 Å². The number of aryl methyl sites for hydroxylation is 1. The molecule has 2 aromatic carbocycles. The van der Waals surface area contributed by atoms with Crippen LogP contribution >= 0.6 is 0 Å². The van der Waals surface area contributed by atoms with Crippen molar-refractivity contribution in [1.82, 2.24) is 9.29 Å². The van der Waals surface area contributed by atoms with Crippen LogP contribution in [0.4, 0.5) is 0 Å². The van der Waals surface area contributed by atoms with Gasteiger partial charge in [-0.15, -0.1) is 0 Å². The molecule has 0 unspecified atom stereocenters. The third-order valence-electron chi connectivity index (χ3n) is 5.41. The van der Waals surface area contributed by atoms with Gasteiger partial charge in [-0.1, -0.05) is 54.6 Å². The third kappa shape index (κ3) is 4.10. The van der Waals surface area contributed by atoms with Crippen molar-refractivity contribution in [1.29, 1.82) is 0 Å². The largest absolute Gasteiger partial charge is 0.387 e. The van der Waals surface area contributed by atoms with Crippen molar-refractivity contribution < 1.29 is 13.5 Å². The first-order chi connectivity index (χ1) is 14.1. The van der Waals surface area contributed by atoms with E-state index in [-0.39, 0.29) is 4.90 Å². The van der Waals surface area contributed by atoms with Crippen molar-refractivity contribution in [3.63, 3.8) is 0 Å². The first-order valence-electron chi connectivity index (χ1n) is 9.79. The maximum atomic E-state index is 13.4. The van der Waals surface area contributed by atoms with Gasteiger partial charge in [-0.3, -0.25) is 4.98 Å². The van der Waals surface area contributed by atoms with Gasteiger partial charge in [0.05, 0.1) is 17.0 Å². The molecule has 1 aliphatic rings. The molecule has 0 fully saturated rings. The Balaban J connectivity index is 1.64. The summed E-state index contributed by atoms with van der Waals surface area (Å²) in [6.07, 6.45) is 4.40. The number of hydrogen-bond donors (Lipinski definition) is 1. The normalized spacial score (nSPS) is 20.9. The lowest BCUT2D eigenvalue weighted by Crippen LogP contribution is -2.49. The Labute approximate surface area is 171 Å². The van der Waals surface area contributed by atoms with Crippen molar-refractivity contribution >= 4 is 10.0 Å². The Morgan fingerprint density at radius 1 is 0.931 bits per heavy atom. The first-order valence-corrected chi connectivity index (χ1v) is 11.2. The van der Waals surface area contributed by atoms with E-state index in [1.54, 1.807) is 36.7 Å². The van der Waals surface area contributed by atoms with Crippen molar-refractivity contribution in [2.24, 2.45) is 0 Å². The summed E-state index contributed by atoms with van der Waals surface area (Å²) in [5.74, 6) is 0. The van der Waals surface area contributed by atoms with E-state index in [1.165, 1.54) is 9.87 Å². The lowest BCUT2D eigenvalue weighted by atomic mass is 9.96. The minimum atomic E-state index is -3.69. The predicted octanol–water partition coefficient (Wildman–Crippen LogP) is 3.36. The van der Waals surface area contributed by atoms with Crippen LogP contribution in [0.5, 0.6) is 0 Å². The van der Waals surface area contributed by atoms with E-state index in [4.69, 9.17) is 0 Å².